The maximum Gasteiger partial charge on any atom is 0.263 e. The van der Waals surface area contributed by atoms with Gasteiger partial charge in [0.25, 0.3) is 10.0 Å². The Bertz CT molecular complexity index is 1190. The van der Waals surface area contributed by atoms with Crippen LogP contribution in [-0.2, 0) is 21.4 Å². The van der Waals surface area contributed by atoms with Crippen molar-refractivity contribution in [2.45, 2.75) is 32.2 Å². The summed E-state index contributed by atoms with van der Waals surface area (Å²) in [6, 6.07) is 8.60. The van der Waals surface area contributed by atoms with Crippen molar-refractivity contribution in [3.63, 3.8) is 0 Å². The zero-order chi connectivity index (χ0) is 22.8. The van der Waals surface area contributed by atoms with Crippen LogP contribution in [0.3, 0.4) is 0 Å². The fourth-order valence-corrected chi connectivity index (χ4v) is 3.98. The monoisotopic (exact) mass is 482 g/mol. The maximum absolute atomic E-state index is 12.5. The molecule has 0 radical (unpaired) electrons. The third-order valence-corrected chi connectivity index (χ3v) is 6.61. The minimum absolute atomic E-state index is 0.00702. The quantitative estimate of drug-likeness (QED) is 0.529. The van der Waals surface area contributed by atoms with Gasteiger partial charge in [0.2, 0.25) is 5.91 Å². The van der Waals surface area contributed by atoms with E-state index in [1.54, 1.807) is 18.5 Å². The molecule has 1 atom stereocenters. The van der Waals surface area contributed by atoms with Crippen LogP contribution in [-0.4, -0.2) is 34.3 Å². The van der Waals surface area contributed by atoms with E-state index >= 15 is 0 Å². The molecule has 0 spiro atoms. The molecule has 3 aromatic rings. The van der Waals surface area contributed by atoms with Crippen molar-refractivity contribution in [1.82, 2.24) is 20.0 Å². The minimum atomic E-state index is -3.87. The van der Waals surface area contributed by atoms with Gasteiger partial charge in [-0.05, 0) is 50.2 Å². The lowest BCUT2D eigenvalue weighted by Crippen LogP contribution is -2.25. The summed E-state index contributed by atoms with van der Waals surface area (Å²) in [5, 5.41) is 15.1. The Kier molecular flexibility index (Phi) is 6.83. The summed E-state index contributed by atoms with van der Waals surface area (Å²) in [6.45, 7) is 5.79. The van der Waals surface area contributed by atoms with Crippen LogP contribution in [0.5, 0.6) is 0 Å². The standard InChI is InChI=1S/C19H20Cl2N6O3S/c1-11(10-27-13(3)18(21)12(2)25-27)19(28)22-14-4-6-15(7-5-14)31(29,30)26-17-9-8-16(20)23-24-17/h4-9,11H,10H2,1-3H3,(H,22,28)(H,24,26). The van der Waals surface area contributed by atoms with Crippen molar-refractivity contribution in [2.24, 2.45) is 5.92 Å². The summed E-state index contributed by atoms with van der Waals surface area (Å²) < 4.78 is 29.0. The molecule has 12 heteroatoms. The number of aromatic nitrogens is 4. The first-order valence-electron chi connectivity index (χ1n) is 9.19. The van der Waals surface area contributed by atoms with Crippen molar-refractivity contribution >= 4 is 50.6 Å². The Morgan fingerprint density at radius 2 is 1.77 bits per heavy atom. The van der Waals surface area contributed by atoms with Gasteiger partial charge in [-0.2, -0.15) is 5.10 Å². The smallest absolute Gasteiger partial charge is 0.263 e. The molecular weight excluding hydrogens is 463 g/mol. The molecule has 164 valence electrons. The van der Waals surface area contributed by atoms with E-state index in [4.69, 9.17) is 23.2 Å². The Hall–Kier alpha value is -2.69. The largest absolute Gasteiger partial charge is 0.326 e. The van der Waals surface area contributed by atoms with E-state index in [0.29, 0.717) is 22.9 Å². The Balaban J connectivity index is 1.64. The molecule has 3 rings (SSSR count). The highest BCUT2D eigenvalue weighted by Gasteiger charge is 2.19. The Morgan fingerprint density at radius 3 is 2.32 bits per heavy atom. The second-order valence-electron chi connectivity index (χ2n) is 6.93. The fourth-order valence-electron chi connectivity index (χ4n) is 2.75. The van der Waals surface area contributed by atoms with E-state index < -0.39 is 10.0 Å². The van der Waals surface area contributed by atoms with E-state index in [1.807, 2.05) is 6.92 Å². The van der Waals surface area contributed by atoms with Crippen LogP contribution in [0.2, 0.25) is 10.2 Å². The van der Waals surface area contributed by atoms with Crippen LogP contribution in [0.15, 0.2) is 41.3 Å². The first-order valence-corrected chi connectivity index (χ1v) is 11.4. The number of amides is 1. The van der Waals surface area contributed by atoms with Gasteiger partial charge < -0.3 is 5.32 Å². The molecule has 31 heavy (non-hydrogen) atoms. The second-order valence-corrected chi connectivity index (χ2v) is 9.38. The zero-order valence-electron chi connectivity index (χ0n) is 16.9. The average Bonchev–Trinajstić information content (AvgIpc) is 2.96. The molecule has 2 heterocycles. The van der Waals surface area contributed by atoms with Gasteiger partial charge in [0.05, 0.1) is 33.8 Å². The lowest BCUT2D eigenvalue weighted by molar-refractivity contribution is -0.119. The molecule has 0 saturated heterocycles. The van der Waals surface area contributed by atoms with Gasteiger partial charge in [0, 0.05) is 5.69 Å². The number of hydrogen-bond acceptors (Lipinski definition) is 6. The van der Waals surface area contributed by atoms with Crippen molar-refractivity contribution in [1.29, 1.82) is 0 Å². The van der Waals surface area contributed by atoms with Crippen LogP contribution < -0.4 is 10.0 Å². The highest BCUT2D eigenvalue weighted by molar-refractivity contribution is 7.92. The summed E-state index contributed by atoms with van der Waals surface area (Å²) in [5.74, 6) is -0.573. The van der Waals surface area contributed by atoms with Gasteiger partial charge in [-0.1, -0.05) is 30.1 Å². The lowest BCUT2D eigenvalue weighted by Gasteiger charge is -2.14. The SMILES string of the molecule is Cc1nn(CC(C)C(=O)Nc2ccc(S(=O)(=O)Nc3ccc(Cl)nn3)cc2)c(C)c1Cl. The molecule has 0 aliphatic rings. The van der Waals surface area contributed by atoms with Gasteiger partial charge in [-0.15, -0.1) is 10.2 Å². The number of halogens is 2. The van der Waals surface area contributed by atoms with Crippen molar-refractivity contribution < 1.29 is 13.2 Å². The predicted octanol–water partition coefficient (Wildman–Crippen LogP) is 3.67. The number of rotatable bonds is 7. The van der Waals surface area contributed by atoms with Crippen LogP contribution >= 0.6 is 23.2 Å². The molecule has 0 aliphatic heterocycles. The Labute approximate surface area is 189 Å². The molecule has 0 saturated carbocycles. The van der Waals surface area contributed by atoms with E-state index in [-0.39, 0.29) is 27.7 Å². The van der Waals surface area contributed by atoms with E-state index in [0.717, 1.165) is 5.69 Å². The Morgan fingerprint density at radius 1 is 1.10 bits per heavy atom. The van der Waals surface area contributed by atoms with Crippen molar-refractivity contribution in [3.05, 3.63) is 58.0 Å². The van der Waals surface area contributed by atoms with Gasteiger partial charge in [-0.25, -0.2) is 8.42 Å². The first kappa shape index (κ1) is 23.0. The number of nitrogens with zero attached hydrogens (tertiary/aromatic N) is 4. The molecule has 0 aliphatic carbocycles. The first-order chi connectivity index (χ1) is 14.6. The average molecular weight is 483 g/mol. The van der Waals surface area contributed by atoms with Gasteiger partial charge in [-0.3, -0.25) is 14.2 Å². The summed E-state index contributed by atoms with van der Waals surface area (Å²) in [5.41, 5.74) is 1.97. The number of nitrogens with one attached hydrogen (secondary N) is 2. The topological polar surface area (TPSA) is 119 Å². The van der Waals surface area contributed by atoms with E-state index in [9.17, 15) is 13.2 Å². The van der Waals surface area contributed by atoms with Gasteiger partial charge in [0.1, 0.15) is 0 Å². The molecule has 1 amide bonds. The van der Waals surface area contributed by atoms with Crippen LogP contribution in [0.25, 0.3) is 0 Å². The van der Waals surface area contributed by atoms with Crippen molar-refractivity contribution in [3.8, 4) is 0 Å². The number of sulfonamides is 1. The number of anilines is 2. The van der Waals surface area contributed by atoms with Gasteiger partial charge >= 0.3 is 0 Å². The molecule has 2 N–H and O–H groups in total. The number of carbonyl (C=O) groups excluding carboxylic acids is 1. The summed E-state index contributed by atoms with van der Waals surface area (Å²) in [6.07, 6.45) is 0. The summed E-state index contributed by atoms with van der Waals surface area (Å²) in [7, 11) is -3.87. The molecular formula is C19H20Cl2N6O3S. The number of benzene rings is 1. The summed E-state index contributed by atoms with van der Waals surface area (Å²) in [4.78, 5) is 12.5. The number of aryl methyl sites for hydroxylation is 1. The molecule has 9 nitrogen and oxygen atoms in total. The molecule has 0 bridgehead atoms. The summed E-state index contributed by atoms with van der Waals surface area (Å²) >= 11 is 11.8. The van der Waals surface area contributed by atoms with E-state index in [1.165, 1.54) is 36.4 Å². The normalized spacial score (nSPS) is 12.4. The molecule has 1 unspecified atom stereocenters. The molecule has 0 fully saturated rings. The molecule has 1 aromatic carbocycles. The van der Waals surface area contributed by atoms with E-state index in [2.05, 4.69) is 25.3 Å². The maximum atomic E-state index is 12.5. The van der Waals surface area contributed by atoms with Crippen LogP contribution in [0, 0.1) is 19.8 Å². The zero-order valence-corrected chi connectivity index (χ0v) is 19.3. The number of hydrogen-bond donors (Lipinski definition) is 2. The number of carbonyl (C=O) groups is 1. The van der Waals surface area contributed by atoms with Crippen LogP contribution in [0.4, 0.5) is 11.5 Å². The minimum Gasteiger partial charge on any atom is -0.326 e. The highest BCUT2D eigenvalue weighted by atomic mass is 35.5. The highest BCUT2D eigenvalue weighted by Crippen LogP contribution is 2.21. The second kappa shape index (κ2) is 9.21. The lowest BCUT2D eigenvalue weighted by atomic mass is 10.1. The fraction of sp³-hybridized carbons (Fsp3) is 0.263. The third-order valence-electron chi connectivity index (χ3n) is 4.49. The van der Waals surface area contributed by atoms with Crippen molar-refractivity contribution in [2.75, 3.05) is 10.0 Å². The third kappa shape index (κ3) is 5.52. The predicted molar refractivity (Wildman–Crippen MR) is 119 cm³/mol. The van der Waals surface area contributed by atoms with Crippen LogP contribution in [0.1, 0.15) is 18.3 Å². The van der Waals surface area contributed by atoms with Gasteiger partial charge in [0.15, 0.2) is 11.0 Å². The molecule has 2 aromatic heterocycles.